The van der Waals surface area contributed by atoms with Crippen LogP contribution in [0, 0.1) is 5.92 Å². The minimum atomic E-state index is 0.295. The number of carbonyl (C=O) groups excluding carboxylic acids is 1. The van der Waals surface area contributed by atoms with Gasteiger partial charge < -0.3 is 9.69 Å². The standard InChI is InChI=1S/C15H21NO/c1-12-10-14-7-3-4-8-15(14)16(11-12)9-5-6-13(2)17/h3-4,7-8,12H,5-6,9-11H2,1-2H3. The molecule has 0 bridgehead atoms. The van der Waals surface area contributed by atoms with Crippen LogP contribution in [0.5, 0.6) is 0 Å². The average Bonchev–Trinajstić information content (AvgIpc) is 2.28. The molecule has 1 aliphatic heterocycles. The highest BCUT2D eigenvalue weighted by atomic mass is 16.1. The molecule has 1 heterocycles. The van der Waals surface area contributed by atoms with Crippen LogP contribution in [-0.4, -0.2) is 18.9 Å². The molecule has 1 aromatic carbocycles. The SMILES string of the molecule is CC(=O)CCCN1CC(C)Cc2ccccc21. The molecule has 2 rings (SSSR count). The number of anilines is 1. The van der Waals surface area contributed by atoms with Crippen molar-refractivity contribution in [2.24, 2.45) is 5.92 Å². The first-order valence-corrected chi connectivity index (χ1v) is 6.49. The first kappa shape index (κ1) is 12.2. The van der Waals surface area contributed by atoms with Crippen LogP contribution < -0.4 is 4.90 Å². The number of para-hydroxylation sites is 1. The lowest BCUT2D eigenvalue weighted by molar-refractivity contribution is -0.117. The third kappa shape index (κ3) is 3.09. The third-order valence-electron chi connectivity index (χ3n) is 3.39. The minimum absolute atomic E-state index is 0.295. The van der Waals surface area contributed by atoms with E-state index in [4.69, 9.17) is 0 Å². The number of ketones is 1. The zero-order chi connectivity index (χ0) is 12.3. The highest BCUT2D eigenvalue weighted by Crippen LogP contribution is 2.29. The molecule has 0 N–H and O–H groups in total. The lowest BCUT2D eigenvalue weighted by Crippen LogP contribution is -2.35. The van der Waals surface area contributed by atoms with Gasteiger partial charge in [-0.1, -0.05) is 25.1 Å². The normalized spacial score (nSPS) is 18.9. The van der Waals surface area contributed by atoms with Crippen LogP contribution in [-0.2, 0) is 11.2 Å². The Bertz CT molecular complexity index is 400. The third-order valence-corrected chi connectivity index (χ3v) is 3.39. The van der Waals surface area contributed by atoms with E-state index < -0.39 is 0 Å². The van der Waals surface area contributed by atoms with E-state index in [-0.39, 0.29) is 0 Å². The number of nitrogens with zero attached hydrogens (tertiary/aromatic N) is 1. The van der Waals surface area contributed by atoms with Gasteiger partial charge in [-0.15, -0.1) is 0 Å². The van der Waals surface area contributed by atoms with E-state index in [1.165, 1.54) is 17.7 Å². The summed E-state index contributed by atoms with van der Waals surface area (Å²) in [4.78, 5) is 13.4. The van der Waals surface area contributed by atoms with E-state index >= 15 is 0 Å². The molecule has 17 heavy (non-hydrogen) atoms. The topological polar surface area (TPSA) is 20.3 Å². The van der Waals surface area contributed by atoms with E-state index in [0.717, 1.165) is 19.5 Å². The summed E-state index contributed by atoms with van der Waals surface area (Å²) in [6.45, 7) is 6.09. The van der Waals surface area contributed by atoms with Gasteiger partial charge >= 0.3 is 0 Å². The zero-order valence-corrected chi connectivity index (χ0v) is 10.8. The van der Waals surface area contributed by atoms with Crippen molar-refractivity contribution < 1.29 is 4.79 Å². The molecular formula is C15H21NO. The van der Waals surface area contributed by atoms with Crippen molar-refractivity contribution >= 4 is 11.5 Å². The molecule has 0 amide bonds. The van der Waals surface area contributed by atoms with Crippen molar-refractivity contribution in [3.8, 4) is 0 Å². The molecule has 0 saturated carbocycles. The summed E-state index contributed by atoms with van der Waals surface area (Å²) in [6.07, 6.45) is 2.85. The van der Waals surface area contributed by atoms with Gasteiger partial charge in [0.2, 0.25) is 0 Å². The van der Waals surface area contributed by atoms with Crippen molar-refractivity contribution in [1.82, 2.24) is 0 Å². The second-order valence-electron chi connectivity index (χ2n) is 5.19. The maximum absolute atomic E-state index is 11.0. The highest BCUT2D eigenvalue weighted by Gasteiger charge is 2.20. The van der Waals surface area contributed by atoms with Crippen LogP contribution in [0.15, 0.2) is 24.3 Å². The van der Waals surface area contributed by atoms with E-state index in [0.29, 0.717) is 18.1 Å². The Morgan fingerprint density at radius 2 is 2.18 bits per heavy atom. The summed E-state index contributed by atoms with van der Waals surface area (Å²) in [5, 5.41) is 0. The Morgan fingerprint density at radius 3 is 2.94 bits per heavy atom. The predicted molar refractivity (Wildman–Crippen MR) is 71.4 cm³/mol. The second kappa shape index (κ2) is 5.35. The monoisotopic (exact) mass is 231 g/mol. The van der Waals surface area contributed by atoms with Gasteiger partial charge in [-0.05, 0) is 37.3 Å². The van der Waals surface area contributed by atoms with Gasteiger partial charge in [-0.2, -0.15) is 0 Å². The molecule has 0 aliphatic carbocycles. The summed E-state index contributed by atoms with van der Waals surface area (Å²) in [5.74, 6) is 1.01. The summed E-state index contributed by atoms with van der Waals surface area (Å²) in [7, 11) is 0. The van der Waals surface area contributed by atoms with Gasteiger partial charge in [0.05, 0.1) is 0 Å². The molecular weight excluding hydrogens is 210 g/mol. The van der Waals surface area contributed by atoms with E-state index in [1.54, 1.807) is 6.92 Å². The fraction of sp³-hybridized carbons (Fsp3) is 0.533. The number of rotatable bonds is 4. The number of benzene rings is 1. The smallest absolute Gasteiger partial charge is 0.129 e. The molecule has 1 unspecified atom stereocenters. The van der Waals surface area contributed by atoms with Crippen LogP contribution in [0.25, 0.3) is 0 Å². The Kier molecular flexibility index (Phi) is 3.82. The summed E-state index contributed by atoms with van der Waals surface area (Å²) < 4.78 is 0. The van der Waals surface area contributed by atoms with Gasteiger partial charge in [0.1, 0.15) is 5.78 Å². The first-order valence-electron chi connectivity index (χ1n) is 6.49. The molecule has 2 heteroatoms. The maximum Gasteiger partial charge on any atom is 0.129 e. The van der Waals surface area contributed by atoms with Gasteiger partial charge in [0.25, 0.3) is 0 Å². The highest BCUT2D eigenvalue weighted by molar-refractivity contribution is 5.75. The molecule has 0 radical (unpaired) electrons. The molecule has 92 valence electrons. The van der Waals surface area contributed by atoms with E-state index in [1.807, 2.05) is 0 Å². The number of carbonyl (C=O) groups is 1. The number of fused-ring (bicyclic) bond motifs is 1. The van der Waals surface area contributed by atoms with Crippen LogP contribution in [0.2, 0.25) is 0 Å². The molecule has 1 atom stereocenters. The summed E-state index contributed by atoms with van der Waals surface area (Å²) in [5.41, 5.74) is 2.82. The Labute approximate surface area is 104 Å². The molecule has 0 aromatic heterocycles. The largest absolute Gasteiger partial charge is 0.371 e. The molecule has 2 nitrogen and oxygen atoms in total. The van der Waals surface area contributed by atoms with Gasteiger partial charge in [0, 0.05) is 25.2 Å². The second-order valence-corrected chi connectivity index (χ2v) is 5.19. The number of hydrogen-bond acceptors (Lipinski definition) is 2. The van der Waals surface area contributed by atoms with Crippen molar-refractivity contribution in [1.29, 1.82) is 0 Å². The van der Waals surface area contributed by atoms with Crippen LogP contribution in [0.4, 0.5) is 5.69 Å². The number of hydrogen-bond donors (Lipinski definition) is 0. The van der Waals surface area contributed by atoms with Crippen LogP contribution in [0.1, 0.15) is 32.3 Å². The first-order chi connectivity index (χ1) is 8.16. The van der Waals surface area contributed by atoms with E-state index in [2.05, 4.69) is 36.1 Å². The lowest BCUT2D eigenvalue weighted by Gasteiger charge is -2.34. The Hall–Kier alpha value is -1.31. The Morgan fingerprint density at radius 1 is 1.41 bits per heavy atom. The van der Waals surface area contributed by atoms with Gasteiger partial charge in [-0.3, -0.25) is 0 Å². The van der Waals surface area contributed by atoms with Crippen LogP contribution in [0.3, 0.4) is 0 Å². The average molecular weight is 231 g/mol. The van der Waals surface area contributed by atoms with Crippen molar-refractivity contribution in [2.75, 3.05) is 18.0 Å². The van der Waals surface area contributed by atoms with Gasteiger partial charge in [0.15, 0.2) is 0 Å². The fourth-order valence-corrected chi connectivity index (χ4v) is 2.64. The predicted octanol–water partition coefficient (Wildman–Crippen LogP) is 3.05. The minimum Gasteiger partial charge on any atom is -0.371 e. The van der Waals surface area contributed by atoms with Crippen molar-refractivity contribution in [3.05, 3.63) is 29.8 Å². The summed E-state index contributed by atoms with van der Waals surface area (Å²) >= 11 is 0. The zero-order valence-electron chi connectivity index (χ0n) is 10.8. The molecule has 0 fully saturated rings. The lowest BCUT2D eigenvalue weighted by atomic mass is 9.94. The Balaban J connectivity index is 2.05. The molecule has 0 spiro atoms. The number of Topliss-reactive ketones (excluding diaryl/α,β-unsaturated/α-hetero) is 1. The quantitative estimate of drug-likeness (QED) is 0.793. The van der Waals surface area contributed by atoms with Crippen LogP contribution >= 0.6 is 0 Å². The maximum atomic E-state index is 11.0. The summed E-state index contributed by atoms with van der Waals surface area (Å²) in [6, 6.07) is 8.65. The fourth-order valence-electron chi connectivity index (χ4n) is 2.64. The molecule has 1 aromatic rings. The molecule has 0 saturated heterocycles. The van der Waals surface area contributed by atoms with Gasteiger partial charge in [-0.25, -0.2) is 0 Å². The van der Waals surface area contributed by atoms with E-state index in [9.17, 15) is 4.79 Å². The van der Waals surface area contributed by atoms with Crippen molar-refractivity contribution in [3.63, 3.8) is 0 Å². The molecule has 1 aliphatic rings. The van der Waals surface area contributed by atoms with Crippen molar-refractivity contribution in [2.45, 2.75) is 33.1 Å².